The number of ether oxygens (including phenoxy) is 2. The van der Waals surface area contributed by atoms with E-state index in [1.165, 1.54) is 26.4 Å². The molecule has 1 heterocycles. The summed E-state index contributed by atoms with van der Waals surface area (Å²) in [7, 11) is 3.37. The molecule has 0 aliphatic carbocycles. The highest BCUT2D eigenvalue weighted by molar-refractivity contribution is 7.12. The molecule has 0 aliphatic rings. The van der Waals surface area contributed by atoms with E-state index >= 15 is 0 Å². The molecule has 1 aromatic heterocycles. The van der Waals surface area contributed by atoms with Crippen molar-refractivity contribution in [3.63, 3.8) is 0 Å². The second-order valence-electron chi connectivity index (χ2n) is 6.82. The number of thiophene rings is 1. The molecule has 0 N–H and O–H groups in total. The van der Waals surface area contributed by atoms with Crippen molar-refractivity contribution in [3.8, 4) is 22.6 Å². The first-order chi connectivity index (χ1) is 13.0. The smallest absolute Gasteiger partial charge is 0.168 e. The molecule has 140 valence electrons. The summed E-state index contributed by atoms with van der Waals surface area (Å²) in [6.45, 7) is 6.57. The fourth-order valence-electron chi connectivity index (χ4n) is 3.23. The third kappa shape index (κ3) is 4.25. The average Bonchev–Trinajstić information content (AvgIpc) is 3.10. The van der Waals surface area contributed by atoms with Crippen LogP contribution in [-0.4, -0.2) is 14.2 Å². The van der Waals surface area contributed by atoms with Crippen LogP contribution in [0.5, 0.6) is 11.5 Å². The van der Waals surface area contributed by atoms with Gasteiger partial charge in [-0.15, -0.1) is 11.3 Å². The summed E-state index contributed by atoms with van der Waals surface area (Å²) in [5.41, 5.74) is 4.71. The summed E-state index contributed by atoms with van der Waals surface area (Å²) in [5.74, 6) is 1.94. The molecule has 0 fully saturated rings. The summed E-state index contributed by atoms with van der Waals surface area (Å²) >= 11 is 1.80. The number of hydrogen-bond acceptors (Lipinski definition) is 3. The van der Waals surface area contributed by atoms with Gasteiger partial charge >= 0.3 is 0 Å². The standard InChI is InChI=1S/C24H26O2S/c1-16(2)20-14-11-18(10-13-19-12-9-17(3)27-19)15-22(20)21-7-6-8-23(25-4)24(21)26-5/h6-16H,1-5H3. The van der Waals surface area contributed by atoms with Crippen LogP contribution in [0.15, 0.2) is 48.5 Å². The van der Waals surface area contributed by atoms with Gasteiger partial charge in [0.05, 0.1) is 14.2 Å². The lowest BCUT2D eigenvalue weighted by molar-refractivity contribution is 0.356. The van der Waals surface area contributed by atoms with E-state index in [0.29, 0.717) is 5.92 Å². The number of hydrogen-bond donors (Lipinski definition) is 0. The Morgan fingerprint density at radius 2 is 1.70 bits per heavy atom. The van der Waals surface area contributed by atoms with E-state index in [-0.39, 0.29) is 0 Å². The Bertz CT molecular complexity index is 951. The molecule has 0 saturated carbocycles. The maximum Gasteiger partial charge on any atom is 0.168 e. The van der Waals surface area contributed by atoms with Gasteiger partial charge in [0.25, 0.3) is 0 Å². The van der Waals surface area contributed by atoms with E-state index in [1.807, 2.05) is 12.1 Å². The highest BCUT2D eigenvalue weighted by Crippen LogP contribution is 2.41. The molecule has 0 spiro atoms. The molecule has 2 aromatic carbocycles. The lowest BCUT2D eigenvalue weighted by Crippen LogP contribution is -1.97. The molecule has 0 saturated heterocycles. The van der Waals surface area contributed by atoms with E-state index < -0.39 is 0 Å². The molecule has 2 nitrogen and oxygen atoms in total. The van der Waals surface area contributed by atoms with Gasteiger partial charge in [-0.1, -0.05) is 44.2 Å². The minimum absolute atomic E-state index is 0.411. The maximum atomic E-state index is 5.69. The van der Waals surface area contributed by atoms with E-state index in [9.17, 15) is 0 Å². The van der Waals surface area contributed by atoms with Gasteiger partial charge in [-0.2, -0.15) is 0 Å². The Hall–Kier alpha value is -2.52. The van der Waals surface area contributed by atoms with Gasteiger partial charge in [-0.05, 0) is 59.9 Å². The highest BCUT2D eigenvalue weighted by Gasteiger charge is 2.16. The van der Waals surface area contributed by atoms with E-state index in [2.05, 4.69) is 69.3 Å². The van der Waals surface area contributed by atoms with E-state index in [4.69, 9.17) is 9.47 Å². The first kappa shape index (κ1) is 19.2. The fraction of sp³-hybridized carbons (Fsp3) is 0.250. The third-order valence-electron chi connectivity index (χ3n) is 4.59. The number of benzene rings is 2. The predicted octanol–water partition coefficient (Wildman–Crippen LogP) is 7.03. The fourth-order valence-corrected chi connectivity index (χ4v) is 4.01. The molecule has 0 atom stereocenters. The maximum absolute atomic E-state index is 5.69. The summed E-state index contributed by atoms with van der Waals surface area (Å²) in [5, 5.41) is 0. The molecule has 3 aromatic rings. The molecule has 0 bridgehead atoms. The van der Waals surface area contributed by atoms with Crippen LogP contribution in [-0.2, 0) is 0 Å². The van der Waals surface area contributed by atoms with Crippen molar-refractivity contribution in [1.29, 1.82) is 0 Å². The molecular weight excluding hydrogens is 352 g/mol. The van der Waals surface area contributed by atoms with Gasteiger partial charge in [0.1, 0.15) is 0 Å². The third-order valence-corrected chi connectivity index (χ3v) is 5.56. The Labute approximate surface area is 166 Å². The normalized spacial score (nSPS) is 11.3. The number of rotatable bonds is 6. The summed E-state index contributed by atoms with van der Waals surface area (Å²) in [4.78, 5) is 2.59. The van der Waals surface area contributed by atoms with Gasteiger partial charge in [0, 0.05) is 15.3 Å². The Morgan fingerprint density at radius 1 is 0.889 bits per heavy atom. The lowest BCUT2D eigenvalue weighted by Gasteiger charge is -2.18. The Kier molecular flexibility index (Phi) is 6.02. The average molecular weight is 379 g/mol. The zero-order valence-corrected chi connectivity index (χ0v) is 17.4. The van der Waals surface area contributed by atoms with Crippen LogP contribution in [0.2, 0.25) is 0 Å². The largest absolute Gasteiger partial charge is 0.493 e. The lowest BCUT2D eigenvalue weighted by atomic mass is 9.90. The molecule has 0 amide bonds. The van der Waals surface area contributed by atoms with E-state index in [0.717, 1.165) is 17.1 Å². The topological polar surface area (TPSA) is 18.5 Å². The zero-order chi connectivity index (χ0) is 19.4. The summed E-state index contributed by atoms with van der Waals surface area (Å²) in [6.07, 6.45) is 4.35. The van der Waals surface area contributed by atoms with Crippen molar-refractivity contribution in [2.24, 2.45) is 0 Å². The van der Waals surface area contributed by atoms with E-state index in [1.54, 1.807) is 25.6 Å². The van der Waals surface area contributed by atoms with Crippen molar-refractivity contribution < 1.29 is 9.47 Å². The molecule has 27 heavy (non-hydrogen) atoms. The van der Waals surface area contributed by atoms with Crippen LogP contribution in [0, 0.1) is 6.92 Å². The van der Waals surface area contributed by atoms with Crippen molar-refractivity contribution in [2.75, 3.05) is 14.2 Å². The number of aryl methyl sites for hydroxylation is 1. The van der Waals surface area contributed by atoms with Crippen LogP contribution in [0.4, 0.5) is 0 Å². The zero-order valence-electron chi connectivity index (χ0n) is 16.6. The van der Waals surface area contributed by atoms with Gasteiger partial charge in [0.2, 0.25) is 0 Å². The second kappa shape index (κ2) is 8.45. The molecule has 0 radical (unpaired) electrons. The van der Waals surface area contributed by atoms with Crippen LogP contribution >= 0.6 is 11.3 Å². The van der Waals surface area contributed by atoms with Crippen molar-refractivity contribution in [1.82, 2.24) is 0 Å². The SMILES string of the molecule is COc1cccc(-c2cc(C=Cc3ccc(C)s3)ccc2C(C)C)c1OC. The molecule has 3 heteroatoms. The quantitative estimate of drug-likeness (QED) is 0.458. The van der Waals surface area contributed by atoms with Crippen LogP contribution in [0.1, 0.15) is 40.6 Å². The van der Waals surface area contributed by atoms with Gasteiger partial charge < -0.3 is 9.47 Å². The molecule has 0 unspecified atom stereocenters. The first-order valence-corrected chi connectivity index (χ1v) is 9.95. The molecule has 0 aliphatic heterocycles. The van der Waals surface area contributed by atoms with Crippen molar-refractivity contribution in [3.05, 3.63) is 69.4 Å². The van der Waals surface area contributed by atoms with Crippen LogP contribution in [0.3, 0.4) is 0 Å². The van der Waals surface area contributed by atoms with Gasteiger partial charge in [-0.3, -0.25) is 0 Å². The summed E-state index contributed by atoms with van der Waals surface area (Å²) in [6, 6.07) is 17.0. The minimum atomic E-state index is 0.411. The number of para-hydroxylation sites is 1. The first-order valence-electron chi connectivity index (χ1n) is 9.13. The van der Waals surface area contributed by atoms with Crippen molar-refractivity contribution >= 4 is 23.5 Å². The van der Waals surface area contributed by atoms with Gasteiger partial charge in [-0.25, -0.2) is 0 Å². The molecular formula is C24H26O2S. The monoisotopic (exact) mass is 378 g/mol. The number of methoxy groups -OCH3 is 2. The predicted molar refractivity (Wildman–Crippen MR) is 117 cm³/mol. The second-order valence-corrected chi connectivity index (χ2v) is 8.14. The summed E-state index contributed by atoms with van der Waals surface area (Å²) < 4.78 is 11.2. The molecule has 3 rings (SSSR count). The van der Waals surface area contributed by atoms with Crippen molar-refractivity contribution in [2.45, 2.75) is 26.7 Å². The minimum Gasteiger partial charge on any atom is -0.493 e. The van der Waals surface area contributed by atoms with Gasteiger partial charge in [0.15, 0.2) is 11.5 Å². The highest BCUT2D eigenvalue weighted by atomic mass is 32.1. The van der Waals surface area contributed by atoms with Crippen LogP contribution in [0.25, 0.3) is 23.3 Å². The van der Waals surface area contributed by atoms with Crippen LogP contribution < -0.4 is 9.47 Å². The Morgan fingerprint density at radius 3 is 2.33 bits per heavy atom. The Balaban J connectivity index is 2.09.